The Kier molecular flexibility index (Phi) is 5.92. The summed E-state index contributed by atoms with van der Waals surface area (Å²) in [6, 6.07) is 0. The fourth-order valence-corrected chi connectivity index (χ4v) is 0.899. The molecule has 0 amide bonds. The van der Waals surface area contributed by atoms with Crippen molar-refractivity contribution < 1.29 is 19.4 Å². The molecule has 14 heavy (non-hydrogen) atoms. The number of aliphatic carboxylic acids is 1. The molecule has 1 atom stereocenters. The van der Waals surface area contributed by atoms with Crippen molar-refractivity contribution >= 4 is 11.9 Å². The van der Waals surface area contributed by atoms with Crippen molar-refractivity contribution in [3.8, 4) is 0 Å². The molecule has 0 heterocycles. The van der Waals surface area contributed by atoms with E-state index in [1.165, 1.54) is 0 Å². The quantitative estimate of drug-likeness (QED) is 0.667. The van der Waals surface area contributed by atoms with Gasteiger partial charge >= 0.3 is 11.9 Å². The Morgan fingerprint density at radius 3 is 2.29 bits per heavy atom. The number of carbonyl (C=O) groups is 2. The van der Waals surface area contributed by atoms with Gasteiger partial charge < -0.3 is 9.84 Å². The highest BCUT2D eigenvalue weighted by atomic mass is 16.6. The molecule has 0 unspecified atom stereocenters. The van der Waals surface area contributed by atoms with Gasteiger partial charge in [0, 0.05) is 0 Å². The smallest absolute Gasteiger partial charge is 0.345 e. The van der Waals surface area contributed by atoms with Gasteiger partial charge in [0.05, 0.1) is 5.92 Å². The second-order valence-corrected chi connectivity index (χ2v) is 3.56. The average Bonchev–Trinajstić information content (AvgIpc) is 2.10. The van der Waals surface area contributed by atoms with Crippen molar-refractivity contribution in [3.63, 3.8) is 0 Å². The van der Waals surface area contributed by atoms with Crippen LogP contribution < -0.4 is 0 Å². The van der Waals surface area contributed by atoms with Crippen LogP contribution in [0.15, 0.2) is 0 Å². The summed E-state index contributed by atoms with van der Waals surface area (Å²) in [5, 5.41) is 8.75. The molecule has 0 saturated carbocycles. The van der Waals surface area contributed by atoms with Gasteiger partial charge in [0.2, 0.25) is 0 Å². The van der Waals surface area contributed by atoms with Crippen LogP contribution in [0, 0.1) is 5.92 Å². The molecule has 0 aromatic carbocycles. The first kappa shape index (κ1) is 12.9. The highest BCUT2D eigenvalue weighted by Gasteiger charge is 2.22. The van der Waals surface area contributed by atoms with Crippen LogP contribution in [0.4, 0.5) is 0 Å². The Hall–Kier alpha value is -1.06. The van der Waals surface area contributed by atoms with E-state index >= 15 is 0 Å². The lowest BCUT2D eigenvalue weighted by molar-refractivity contribution is -0.166. The van der Waals surface area contributed by atoms with Gasteiger partial charge in [-0.3, -0.25) is 4.79 Å². The lowest BCUT2D eigenvalue weighted by Crippen LogP contribution is -2.28. The predicted octanol–water partition coefficient (Wildman–Crippen LogP) is 1.83. The van der Waals surface area contributed by atoms with E-state index in [1.807, 2.05) is 6.92 Å². The minimum Gasteiger partial charge on any atom is -0.479 e. The Morgan fingerprint density at radius 2 is 1.93 bits per heavy atom. The van der Waals surface area contributed by atoms with Gasteiger partial charge in [-0.1, -0.05) is 27.2 Å². The van der Waals surface area contributed by atoms with E-state index in [9.17, 15) is 9.59 Å². The summed E-state index contributed by atoms with van der Waals surface area (Å²) in [5.74, 6) is -1.79. The molecule has 0 rings (SSSR count). The van der Waals surface area contributed by atoms with E-state index in [1.54, 1.807) is 13.8 Å². The summed E-state index contributed by atoms with van der Waals surface area (Å²) in [4.78, 5) is 21.8. The number of ether oxygens (including phenoxy) is 1. The molecule has 0 spiro atoms. The first-order chi connectivity index (χ1) is 6.49. The van der Waals surface area contributed by atoms with Crippen LogP contribution >= 0.6 is 0 Å². The first-order valence-corrected chi connectivity index (χ1v) is 4.92. The number of hydrogen-bond acceptors (Lipinski definition) is 3. The average molecular weight is 202 g/mol. The van der Waals surface area contributed by atoms with E-state index in [0.717, 1.165) is 12.8 Å². The van der Waals surface area contributed by atoms with Crippen LogP contribution in [0.2, 0.25) is 0 Å². The largest absolute Gasteiger partial charge is 0.479 e. The molecule has 4 heteroatoms. The Morgan fingerprint density at radius 1 is 1.36 bits per heavy atom. The molecule has 0 bridgehead atoms. The maximum absolute atomic E-state index is 11.1. The van der Waals surface area contributed by atoms with Crippen molar-refractivity contribution in [1.29, 1.82) is 0 Å². The Balaban J connectivity index is 4.09. The minimum absolute atomic E-state index is 0.279. The van der Waals surface area contributed by atoms with Crippen molar-refractivity contribution in [2.45, 2.75) is 46.1 Å². The number of carboxylic acids is 1. The predicted molar refractivity (Wildman–Crippen MR) is 51.9 cm³/mol. The Bertz CT molecular complexity index is 198. The molecule has 4 nitrogen and oxygen atoms in total. The summed E-state index contributed by atoms with van der Waals surface area (Å²) in [7, 11) is 0. The summed E-state index contributed by atoms with van der Waals surface area (Å²) < 4.78 is 4.84. The van der Waals surface area contributed by atoms with Crippen molar-refractivity contribution in [3.05, 3.63) is 0 Å². The topological polar surface area (TPSA) is 63.6 Å². The van der Waals surface area contributed by atoms with Gasteiger partial charge in [-0.25, -0.2) is 4.79 Å². The number of carboxylic acid groups (broad SMARTS) is 1. The van der Waals surface area contributed by atoms with E-state index in [0.29, 0.717) is 6.42 Å². The normalized spacial score (nSPS) is 12.6. The number of carbonyl (C=O) groups excluding carboxylic acids is 1. The van der Waals surface area contributed by atoms with Gasteiger partial charge in [0.15, 0.2) is 6.10 Å². The van der Waals surface area contributed by atoms with Crippen LogP contribution in [0.1, 0.15) is 40.0 Å². The monoisotopic (exact) mass is 202 g/mol. The number of rotatable bonds is 6. The zero-order valence-corrected chi connectivity index (χ0v) is 8.95. The van der Waals surface area contributed by atoms with Crippen LogP contribution in [0.3, 0.4) is 0 Å². The third-order valence-electron chi connectivity index (χ3n) is 1.83. The molecule has 0 radical (unpaired) electrons. The van der Waals surface area contributed by atoms with Crippen LogP contribution in [-0.4, -0.2) is 23.1 Å². The number of hydrogen-bond donors (Lipinski definition) is 1. The molecular formula is C10H18O4. The molecule has 0 fully saturated rings. The third kappa shape index (κ3) is 4.84. The molecule has 0 aromatic heterocycles. The van der Waals surface area contributed by atoms with Gasteiger partial charge in [-0.05, 0) is 12.8 Å². The molecule has 0 aliphatic heterocycles. The van der Waals surface area contributed by atoms with Crippen molar-refractivity contribution in [2.75, 3.05) is 0 Å². The van der Waals surface area contributed by atoms with E-state index < -0.39 is 18.0 Å². The van der Waals surface area contributed by atoms with Gasteiger partial charge in [-0.2, -0.15) is 0 Å². The van der Waals surface area contributed by atoms with E-state index in [2.05, 4.69) is 0 Å². The summed E-state index contributed by atoms with van der Waals surface area (Å²) in [5.41, 5.74) is 0. The molecule has 0 aromatic rings. The summed E-state index contributed by atoms with van der Waals surface area (Å²) >= 11 is 0. The second kappa shape index (κ2) is 6.40. The molecule has 1 N–H and O–H groups in total. The van der Waals surface area contributed by atoms with Crippen molar-refractivity contribution in [2.24, 2.45) is 5.92 Å². The van der Waals surface area contributed by atoms with Gasteiger partial charge in [0.25, 0.3) is 0 Å². The molecule has 0 aliphatic rings. The third-order valence-corrected chi connectivity index (χ3v) is 1.83. The molecular weight excluding hydrogens is 184 g/mol. The standard InChI is InChI=1S/C10H18O4/c1-4-5-6-8(9(11)12)14-10(13)7(2)3/h7-8H,4-6H2,1-3H3,(H,11,12)/t8-/m0/s1. The van der Waals surface area contributed by atoms with E-state index in [-0.39, 0.29) is 5.92 Å². The lowest BCUT2D eigenvalue weighted by atomic mass is 10.1. The fraction of sp³-hybridized carbons (Fsp3) is 0.800. The zero-order chi connectivity index (χ0) is 11.1. The highest BCUT2D eigenvalue weighted by Crippen LogP contribution is 2.08. The second-order valence-electron chi connectivity index (χ2n) is 3.56. The lowest BCUT2D eigenvalue weighted by Gasteiger charge is -2.14. The van der Waals surface area contributed by atoms with Gasteiger partial charge in [-0.15, -0.1) is 0 Å². The molecule has 0 saturated heterocycles. The van der Waals surface area contributed by atoms with Gasteiger partial charge in [0.1, 0.15) is 0 Å². The van der Waals surface area contributed by atoms with Crippen LogP contribution in [0.5, 0.6) is 0 Å². The Labute approximate surface area is 84.3 Å². The SMILES string of the molecule is CCCC[C@H](OC(=O)C(C)C)C(=O)O. The minimum atomic E-state index is -1.06. The molecule has 82 valence electrons. The van der Waals surface area contributed by atoms with Crippen molar-refractivity contribution in [1.82, 2.24) is 0 Å². The number of esters is 1. The maximum atomic E-state index is 11.1. The highest BCUT2D eigenvalue weighted by molar-refractivity contribution is 5.78. The summed E-state index contributed by atoms with van der Waals surface area (Å²) in [6.45, 7) is 5.32. The number of unbranched alkanes of at least 4 members (excludes halogenated alkanes) is 1. The summed E-state index contributed by atoms with van der Waals surface area (Å²) in [6.07, 6.45) is 1.06. The molecule has 0 aliphatic carbocycles. The zero-order valence-electron chi connectivity index (χ0n) is 8.95. The maximum Gasteiger partial charge on any atom is 0.345 e. The fourth-order valence-electron chi connectivity index (χ4n) is 0.899. The first-order valence-electron chi connectivity index (χ1n) is 4.92. The van der Waals surface area contributed by atoms with E-state index in [4.69, 9.17) is 9.84 Å². The van der Waals surface area contributed by atoms with Crippen LogP contribution in [-0.2, 0) is 14.3 Å². The van der Waals surface area contributed by atoms with Crippen LogP contribution in [0.25, 0.3) is 0 Å².